The lowest BCUT2D eigenvalue weighted by Crippen LogP contribution is -2.35. The van der Waals surface area contributed by atoms with Crippen LogP contribution in [0.3, 0.4) is 0 Å². The molecule has 0 saturated heterocycles. The fourth-order valence-electron chi connectivity index (χ4n) is 3.45. The second-order valence-electron chi connectivity index (χ2n) is 6.96. The summed E-state index contributed by atoms with van der Waals surface area (Å²) in [6.45, 7) is 0.227. The van der Waals surface area contributed by atoms with Crippen LogP contribution in [-0.2, 0) is 26.4 Å². The van der Waals surface area contributed by atoms with E-state index in [2.05, 4.69) is 15.5 Å². The van der Waals surface area contributed by atoms with E-state index >= 15 is 0 Å². The Balaban J connectivity index is 1.66. The second kappa shape index (κ2) is 7.71. The Hall–Kier alpha value is -3.13. The summed E-state index contributed by atoms with van der Waals surface area (Å²) in [4.78, 5) is 26.3. The number of aromatic nitrogens is 3. The van der Waals surface area contributed by atoms with Gasteiger partial charge in [-0.2, -0.15) is 5.10 Å². The van der Waals surface area contributed by atoms with E-state index in [1.165, 1.54) is 33.7 Å². The van der Waals surface area contributed by atoms with Gasteiger partial charge in [0.2, 0.25) is 5.56 Å². The van der Waals surface area contributed by atoms with Crippen LogP contribution >= 0.6 is 11.6 Å². The lowest BCUT2D eigenvalue weighted by molar-refractivity contribution is 0.256. The third-order valence-corrected chi connectivity index (χ3v) is 5.29. The quantitative estimate of drug-likeness (QED) is 0.682. The molecule has 7 nitrogen and oxygen atoms in total. The average Bonchev–Trinajstić information content (AvgIpc) is 3.29. The van der Waals surface area contributed by atoms with Crippen molar-refractivity contribution in [2.75, 3.05) is 10.2 Å². The van der Waals surface area contributed by atoms with Crippen LogP contribution in [0, 0.1) is 5.82 Å². The number of anilines is 2. The second-order valence-corrected chi connectivity index (χ2v) is 7.37. The normalized spacial score (nSPS) is 12.7. The van der Waals surface area contributed by atoms with Gasteiger partial charge in [-0.1, -0.05) is 11.6 Å². The lowest BCUT2D eigenvalue weighted by atomic mass is 10.2. The molecule has 0 fully saturated rings. The third-order valence-electron chi connectivity index (χ3n) is 5.00. The number of carbonyl (C=O) groups excluding carboxylic acids is 1. The molecule has 0 atom stereocenters. The molecule has 1 aliphatic carbocycles. The first kappa shape index (κ1) is 19.2. The van der Waals surface area contributed by atoms with Crippen LogP contribution < -0.4 is 15.8 Å². The number of rotatable bonds is 4. The number of nitrogens with one attached hydrogen (secondary N) is 2. The Morgan fingerprint density at radius 1 is 1.34 bits per heavy atom. The minimum atomic E-state index is -0.563. The first-order valence-electron chi connectivity index (χ1n) is 9.17. The minimum Gasteiger partial charge on any atom is -0.317 e. The van der Waals surface area contributed by atoms with Gasteiger partial charge in [0.05, 0.1) is 22.9 Å². The van der Waals surface area contributed by atoms with E-state index in [1.807, 2.05) is 0 Å². The number of benzene rings is 1. The molecule has 9 heteroatoms. The molecule has 0 bridgehead atoms. The number of hydrogen-bond acceptors (Lipinski definition) is 3. The Morgan fingerprint density at radius 2 is 2.17 bits per heavy atom. The molecule has 2 heterocycles. The van der Waals surface area contributed by atoms with Gasteiger partial charge in [0.1, 0.15) is 5.82 Å². The number of H-pyrrole nitrogens is 1. The summed E-state index contributed by atoms with van der Waals surface area (Å²) in [7, 11) is 1.62. The predicted octanol–water partition coefficient (Wildman–Crippen LogP) is 3.63. The van der Waals surface area contributed by atoms with Crippen LogP contribution in [0.15, 0.2) is 41.3 Å². The summed E-state index contributed by atoms with van der Waals surface area (Å²) >= 11 is 5.82. The molecule has 0 aliphatic heterocycles. The summed E-state index contributed by atoms with van der Waals surface area (Å²) in [5, 5.41) is 10.1. The van der Waals surface area contributed by atoms with Crippen molar-refractivity contribution >= 4 is 29.0 Å². The molecule has 2 amide bonds. The number of hydrogen-bond donors (Lipinski definition) is 2. The van der Waals surface area contributed by atoms with Crippen molar-refractivity contribution in [3.63, 3.8) is 0 Å². The molecule has 4 rings (SSSR count). The Labute approximate surface area is 171 Å². The van der Waals surface area contributed by atoms with Crippen molar-refractivity contribution in [2.45, 2.75) is 25.8 Å². The number of fused-ring (bicyclic) bond motifs is 1. The molecule has 2 N–H and O–H groups in total. The monoisotopic (exact) mass is 415 g/mol. The van der Waals surface area contributed by atoms with Crippen LogP contribution in [0.5, 0.6) is 0 Å². The summed E-state index contributed by atoms with van der Waals surface area (Å²) < 4.78 is 14.8. The van der Waals surface area contributed by atoms with Gasteiger partial charge in [0, 0.05) is 30.7 Å². The lowest BCUT2D eigenvalue weighted by Gasteiger charge is -2.23. The zero-order chi connectivity index (χ0) is 20.5. The van der Waals surface area contributed by atoms with E-state index in [0.29, 0.717) is 11.4 Å². The van der Waals surface area contributed by atoms with Gasteiger partial charge < -0.3 is 9.88 Å². The number of pyridine rings is 1. The summed E-state index contributed by atoms with van der Waals surface area (Å²) in [5.41, 5.74) is 3.75. The Bertz CT molecular complexity index is 1140. The van der Waals surface area contributed by atoms with Gasteiger partial charge in [-0.05, 0) is 49.1 Å². The van der Waals surface area contributed by atoms with Crippen LogP contribution in [0.2, 0.25) is 5.02 Å². The predicted molar refractivity (Wildman–Crippen MR) is 109 cm³/mol. The van der Waals surface area contributed by atoms with E-state index in [4.69, 9.17) is 11.6 Å². The van der Waals surface area contributed by atoms with Crippen molar-refractivity contribution in [3.8, 4) is 0 Å². The van der Waals surface area contributed by atoms with Crippen molar-refractivity contribution in [1.29, 1.82) is 0 Å². The number of carbonyl (C=O) groups is 1. The van der Waals surface area contributed by atoms with E-state index < -0.39 is 11.8 Å². The standard InChI is InChI=1S/C20H19ClFN5O2/c1-26-10-13(6-8-19(26)28)27(11-18-14-3-2-4-17(14)24-25-18)20(29)23-12-5-7-16(22)15(21)9-12/h5-10H,2-4,11H2,1H3,(H,23,29)(H,24,25). The smallest absolute Gasteiger partial charge is 0.317 e. The van der Waals surface area contributed by atoms with Gasteiger partial charge in [-0.15, -0.1) is 0 Å². The molecule has 1 aromatic carbocycles. The highest BCUT2D eigenvalue weighted by Crippen LogP contribution is 2.26. The topological polar surface area (TPSA) is 83.0 Å². The van der Waals surface area contributed by atoms with Crippen LogP contribution in [-0.4, -0.2) is 20.8 Å². The van der Waals surface area contributed by atoms with Gasteiger partial charge in [-0.3, -0.25) is 14.8 Å². The SMILES string of the molecule is Cn1cc(N(Cc2n[nH]c3c2CCC3)C(=O)Nc2ccc(F)c(Cl)c2)ccc1=O. The molecule has 0 saturated carbocycles. The third kappa shape index (κ3) is 3.88. The fourth-order valence-corrected chi connectivity index (χ4v) is 3.63. The molecule has 0 spiro atoms. The Kier molecular flexibility index (Phi) is 5.10. The molecule has 2 aromatic heterocycles. The first-order chi connectivity index (χ1) is 13.9. The Morgan fingerprint density at radius 3 is 2.93 bits per heavy atom. The molecule has 3 aromatic rings. The van der Waals surface area contributed by atoms with Gasteiger partial charge in [0.15, 0.2) is 0 Å². The van der Waals surface area contributed by atoms with Crippen molar-refractivity contribution < 1.29 is 9.18 Å². The zero-order valence-electron chi connectivity index (χ0n) is 15.7. The highest BCUT2D eigenvalue weighted by Gasteiger charge is 2.24. The molecule has 1 aliphatic rings. The van der Waals surface area contributed by atoms with Crippen LogP contribution in [0.25, 0.3) is 0 Å². The van der Waals surface area contributed by atoms with E-state index in [0.717, 1.165) is 36.2 Å². The number of amides is 2. The summed E-state index contributed by atoms with van der Waals surface area (Å²) in [5.74, 6) is -0.563. The number of aryl methyl sites for hydroxylation is 2. The van der Waals surface area contributed by atoms with E-state index in [9.17, 15) is 14.0 Å². The largest absolute Gasteiger partial charge is 0.326 e. The highest BCUT2D eigenvalue weighted by molar-refractivity contribution is 6.31. The zero-order valence-corrected chi connectivity index (χ0v) is 16.5. The number of nitrogens with zero attached hydrogens (tertiary/aromatic N) is 3. The van der Waals surface area contributed by atoms with Crippen molar-refractivity contribution in [2.24, 2.45) is 7.05 Å². The maximum absolute atomic E-state index is 13.4. The maximum Gasteiger partial charge on any atom is 0.326 e. The van der Waals surface area contributed by atoms with Gasteiger partial charge in [0.25, 0.3) is 0 Å². The molecule has 150 valence electrons. The van der Waals surface area contributed by atoms with Crippen LogP contribution in [0.1, 0.15) is 23.4 Å². The fraction of sp³-hybridized carbons (Fsp3) is 0.250. The molecular formula is C20H19ClFN5O2. The van der Waals surface area contributed by atoms with Crippen molar-refractivity contribution in [1.82, 2.24) is 14.8 Å². The average molecular weight is 416 g/mol. The first-order valence-corrected chi connectivity index (χ1v) is 9.55. The maximum atomic E-state index is 13.4. The molecule has 0 unspecified atom stereocenters. The number of halogens is 2. The van der Waals surface area contributed by atoms with E-state index in [1.54, 1.807) is 19.3 Å². The van der Waals surface area contributed by atoms with Crippen LogP contribution in [0.4, 0.5) is 20.6 Å². The molecular weight excluding hydrogens is 397 g/mol. The highest BCUT2D eigenvalue weighted by atomic mass is 35.5. The van der Waals surface area contributed by atoms with Gasteiger partial charge >= 0.3 is 6.03 Å². The minimum absolute atomic E-state index is 0.0819. The summed E-state index contributed by atoms with van der Waals surface area (Å²) in [6, 6.07) is 6.52. The molecule has 29 heavy (non-hydrogen) atoms. The van der Waals surface area contributed by atoms with Crippen molar-refractivity contribution in [3.05, 3.63) is 74.7 Å². The molecule has 0 radical (unpaired) electrons. The number of urea groups is 1. The number of aromatic amines is 1. The van der Waals surface area contributed by atoms with E-state index in [-0.39, 0.29) is 17.1 Å². The van der Waals surface area contributed by atoms with Gasteiger partial charge in [-0.25, -0.2) is 9.18 Å². The summed E-state index contributed by atoms with van der Waals surface area (Å²) in [6.07, 6.45) is 4.50.